The molecule has 0 aromatic heterocycles. The summed E-state index contributed by atoms with van der Waals surface area (Å²) < 4.78 is 5.62. The molecule has 0 spiro atoms. The van der Waals surface area contributed by atoms with E-state index in [1.54, 1.807) is 0 Å². The van der Waals surface area contributed by atoms with Crippen LogP contribution in [0, 0.1) is 5.92 Å². The Morgan fingerprint density at radius 3 is 2.07 bits per heavy atom. The van der Waals surface area contributed by atoms with Gasteiger partial charge in [0.05, 0.1) is 18.2 Å². The molecule has 0 radical (unpaired) electrons. The fourth-order valence-corrected chi connectivity index (χ4v) is 1.63. The monoisotopic (exact) mass is 215 g/mol. The molecule has 0 aliphatic heterocycles. The molecule has 0 fully saturated rings. The van der Waals surface area contributed by atoms with Gasteiger partial charge in [-0.25, -0.2) is 0 Å². The topological polar surface area (TPSA) is 38.3 Å². The van der Waals surface area contributed by atoms with Gasteiger partial charge in [-0.3, -0.25) is 4.79 Å². The first kappa shape index (κ1) is 14.6. The molecule has 0 amide bonds. The second-order valence-corrected chi connectivity index (χ2v) is 4.63. The minimum atomic E-state index is -0.0845. The third kappa shape index (κ3) is 5.90. The van der Waals surface area contributed by atoms with Crippen molar-refractivity contribution in [3.63, 3.8) is 0 Å². The van der Waals surface area contributed by atoms with E-state index in [1.807, 2.05) is 41.7 Å². The van der Waals surface area contributed by atoms with E-state index in [0.717, 1.165) is 6.42 Å². The highest BCUT2D eigenvalue weighted by atomic mass is 16.5. The fraction of sp³-hybridized carbons (Fsp3) is 0.917. The number of hydrogen-bond acceptors (Lipinski definition) is 3. The van der Waals surface area contributed by atoms with Crippen LogP contribution in [0.25, 0.3) is 0 Å². The van der Waals surface area contributed by atoms with E-state index in [2.05, 4.69) is 5.32 Å². The van der Waals surface area contributed by atoms with Crippen LogP contribution in [0.1, 0.15) is 41.0 Å². The van der Waals surface area contributed by atoms with Crippen molar-refractivity contribution in [3.05, 3.63) is 0 Å². The summed E-state index contributed by atoms with van der Waals surface area (Å²) in [5.74, 6) is 0.338. The normalized spacial score (nSPS) is 15.7. The highest BCUT2D eigenvalue weighted by Gasteiger charge is 2.22. The lowest BCUT2D eigenvalue weighted by Gasteiger charge is -2.22. The van der Waals surface area contributed by atoms with Gasteiger partial charge in [0.2, 0.25) is 0 Å². The van der Waals surface area contributed by atoms with Crippen molar-refractivity contribution in [2.75, 3.05) is 7.05 Å². The van der Waals surface area contributed by atoms with Crippen LogP contribution in [0.15, 0.2) is 0 Å². The standard InChI is InChI=1S/C12H25NO2/c1-8(2)12(14)11(13-6)7-10(5)15-9(3)4/h8-11,13H,7H2,1-6H3. The molecule has 3 nitrogen and oxygen atoms in total. The molecule has 0 bridgehead atoms. The summed E-state index contributed by atoms with van der Waals surface area (Å²) in [6, 6.07) is -0.0845. The van der Waals surface area contributed by atoms with Gasteiger partial charge in [0, 0.05) is 5.92 Å². The zero-order valence-electron chi connectivity index (χ0n) is 10.8. The summed E-state index contributed by atoms with van der Waals surface area (Å²) >= 11 is 0. The molecule has 0 aliphatic carbocycles. The predicted octanol–water partition coefficient (Wildman–Crippen LogP) is 2.00. The average Bonchev–Trinajstić information content (AvgIpc) is 2.11. The Labute approximate surface area is 93.6 Å². The number of carbonyl (C=O) groups is 1. The number of nitrogens with one attached hydrogen (secondary N) is 1. The number of Topliss-reactive ketones (excluding diaryl/α,β-unsaturated/α-hetero) is 1. The summed E-state index contributed by atoms with van der Waals surface area (Å²) in [4.78, 5) is 11.8. The van der Waals surface area contributed by atoms with Crippen molar-refractivity contribution in [3.8, 4) is 0 Å². The van der Waals surface area contributed by atoms with Crippen LogP contribution >= 0.6 is 0 Å². The largest absolute Gasteiger partial charge is 0.376 e. The third-order valence-electron chi connectivity index (χ3n) is 2.33. The van der Waals surface area contributed by atoms with Gasteiger partial charge in [0.1, 0.15) is 0 Å². The van der Waals surface area contributed by atoms with Gasteiger partial charge in [-0.05, 0) is 34.2 Å². The molecule has 0 aliphatic rings. The fourth-order valence-electron chi connectivity index (χ4n) is 1.63. The molecule has 1 N–H and O–H groups in total. The van der Waals surface area contributed by atoms with E-state index in [9.17, 15) is 4.79 Å². The van der Waals surface area contributed by atoms with Gasteiger partial charge in [0.25, 0.3) is 0 Å². The summed E-state index contributed by atoms with van der Waals surface area (Å²) in [5.41, 5.74) is 0. The van der Waals surface area contributed by atoms with Crippen molar-refractivity contribution in [1.29, 1.82) is 0 Å². The number of likely N-dealkylation sites (N-methyl/N-ethyl adjacent to an activating group) is 1. The zero-order chi connectivity index (χ0) is 12.0. The van der Waals surface area contributed by atoms with Crippen molar-refractivity contribution < 1.29 is 9.53 Å². The number of hydrogen-bond donors (Lipinski definition) is 1. The molecule has 2 unspecified atom stereocenters. The maximum Gasteiger partial charge on any atom is 0.152 e. The van der Waals surface area contributed by atoms with Gasteiger partial charge in [0.15, 0.2) is 5.78 Å². The molecule has 0 saturated carbocycles. The second-order valence-electron chi connectivity index (χ2n) is 4.63. The zero-order valence-corrected chi connectivity index (χ0v) is 10.8. The number of ketones is 1. The Balaban J connectivity index is 4.15. The lowest BCUT2D eigenvalue weighted by atomic mass is 9.97. The van der Waals surface area contributed by atoms with E-state index in [4.69, 9.17) is 4.74 Å². The number of rotatable bonds is 7. The number of carbonyl (C=O) groups excluding carboxylic acids is 1. The van der Waals surface area contributed by atoms with Crippen LogP contribution in [0.3, 0.4) is 0 Å². The first-order valence-corrected chi connectivity index (χ1v) is 5.74. The molecule has 0 aromatic carbocycles. The Bertz CT molecular complexity index is 190. The Kier molecular flexibility index (Phi) is 6.77. The molecule has 0 aromatic rings. The molecule has 90 valence electrons. The molecule has 0 heterocycles. The second kappa shape index (κ2) is 6.96. The number of ether oxygens (including phenoxy) is 1. The van der Waals surface area contributed by atoms with Crippen LogP contribution in [0.5, 0.6) is 0 Å². The van der Waals surface area contributed by atoms with E-state index in [-0.39, 0.29) is 30.0 Å². The molecular formula is C12H25NO2. The Hall–Kier alpha value is -0.410. The Morgan fingerprint density at radius 1 is 1.20 bits per heavy atom. The molecule has 0 rings (SSSR count). The highest BCUT2D eigenvalue weighted by molar-refractivity contribution is 5.85. The average molecular weight is 215 g/mol. The molecule has 2 atom stereocenters. The molecular weight excluding hydrogens is 190 g/mol. The summed E-state index contributed by atoms with van der Waals surface area (Å²) in [6.45, 7) is 9.89. The van der Waals surface area contributed by atoms with Crippen molar-refractivity contribution in [2.45, 2.75) is 59.3 Å². The summed E-state index contributed by atoms with van der Waals surface area (Å²) in [6.07, 6.45) is 1.07. The van der Waals surface area contributed by atoms with E-state index < -0.39 is 0 Å². The molecule has 3 heteroatoms. The van der Waals surface area contributed by atoms with E-state index in [0.29, 0.717) is 0 Å². The lowest BCUT2D eigenvalue weighted by Crippen LogP contribution is -2.39. The van der Waals surface area contributed by atoms with Crippen LogP contribution in [0.4, 0.5) is 0 Å². The minimum absolute atomic E-state index is 0.0775. The summed E-state index contributed by atoms with van der Waals surface area (Å²) in [7, 11) is 1.83. The first-order valence-electron chi connectivity index (χ1n) is 5.74. The van der Waals surface area contributed by atoms with Gasteiger partial charge >= 0.3 is 0 Å². The van der Waals surface area contributed by atoms with E-state index in [1.165, 1.54) is 0 Å². The minimum Gasteiger partial charge on any atom is -0.376 e. The van der Waals surface area contributed by atoms with Crippen LogP contribution in [0.2, 0.25) is 0 Å². The maximum absolute atomic E-state index is 11.8. The molecule has 0 saturated heterocycles. The first-order chi connectivity index (χ1) is 6.88. The summed E-state index contributed by atoms with van der Waals surface area (Å²) in [5, 5.41) is 3.06. The smallest absolute Gasteiger partial charge is 0.152 e. The van der Waals surface area contributed by atoms with Gasteiger partial charge in [-0.15, -0.1) is 0 Å². The van der Waals surface area contributed by atoms with E-state index >= 15 is 0 Å². The van der Waals surface area contributed by atoms with Crippen molar-refractivity contribution in [1.82, 2.24) is 5.32 Å². The van der Waals surface area contributed by atoms with Crippen LogP contribution in [-0.2, 0) is 9.53 Å². The van der Waals surface area contributed by atoms with Crippen molar-refractivity contribution >= 4 is 5.78 Å². The maximum atomic E-state index is 11.8. The van der Waals surface area contributed by atoms with Crippen LogP contribution < -0.4 is 5.32 Å². The quantitative estimate of drug-likeness (QED) is 0.706. The SMILES string of the molecule is CNC(CC(C)OC(C)C)C(=O)C(C)C. The highest BCUT2D eigenvalue weighted by Crippen LogP contribution is 2.09. The third-order valence-corrected chi connectivity index (χ3v) is 2.33. The molecule has 15 heavy (non-hydrogen) atoms. The predicted molar refractivity (Wildman–Crippen MR) is 63.0 cm³/mol. The lowest BCUT2D eigenvalue weighted by molar-refractivity contribution is -0.125. The van der Waals surface area contributed by atoms with Crippen LogP contribution in [-0.4, -0.2) is 31.1 Å². The van der Waals surface area contributed by atoms with Crippen molar-refractivity contribution in [2.24, 2.45) is 5.92 Å². The van der Waals surface area contributed by atoms with Gasteiger partial charge in [-0.2, -0.15) is 0 Å². The van der Waals surface area contributed by atoms with Gasteiger partial charge in [-0.1, -0.05) is 13.8 Å². The van der Waals surface area contributed by atoms with Gasteiger partial charge < -0.3 is 10.1 Å². The Morgan fingerprint density at radius 2 is 1.73 bits per heavy atom.